The minimum atomic E-state index is -1.09. The number of carboxylic acids is 1. The molecule has 0 spiro atoms. The molecule has 0 amide bonds. The number of thiazole rings is 1. The number of nitrogens with zero attached hydrogens (tertiary/aromatic N) is 1. The maximum Gasteiger partial charge on any atom is 1.00 e. The van der Waals surface area contributed by atoms with Crippen LogP contribution in [0.5, 0.6) is 0 Å². The van der Waals surface area contributed by atoms with Gasteiger partial charge in [-0.2, -0.15) is 0 Å². The number of hydrogen-bond acceptors (Lipinski definition) is 5. The summed E-state index contributed by atoms with van der Waals surface area (Å²) in [6, 6.07) is 0.340. The Balaban J connectivity index is 0.00000256. The molecule has 17 heavy (non-hydrogen) atoms. The van der Waals surface area contributed by atoms with E-state index >= 15 is 0 Å². The van der Waals surface area contributed by atoms with Gasteiger partial charge in [-0.25, -0.2) is 4.98 Å². The minimum Gasteiger partial charge on any atom is -0.550 e. The molecular formula is C11H17N2NaO2S. The molecule has 6 heteroatoms. The Kier molecular flexibility index (Phi) is 8.03. The Morgan fingerprint density at radius 1 is 1.59 bits per heavy atom. The Morgan fingerprint density at radius 2 is 2.24 bits per heavy atom. The first kappa shape index (κ1) is 16.9. The van der Waals surface area contributed by atoms with E-state index in [-0.39, 0.29) is 36.0 Å². The first-order valence-electron chi connectivity index (χ1n) is 5.43. The number of aliphatic carboxylic acids is 1. The zero-order valence-corrected chi connectivity index (χ0v) is 13.6. The smallest absolute Gasteiger partial charge is 0.550 e. The zero-order valence-electron chi connectivity index (χ0n) is 10.8. The van der Waals surface area contributed by atoms with Gasteiger partial charge in [-0.15, -0.1) is 11.3 Å². The molecule has 1 aromatic rings. The van der Waals surface area contributed by atoms with E-state index in [4.69, 9.17) is 0 Å². The van der Waals surface area contributed by atoms with Gasteiger partial charge in [0, 0.05) is 23.8 Å². The fraction of sp³-hybridized carbons (Fsp3) is 0.636. The quantitative estimate of drug-likeness (QED) is 0.621. The van der Waals surface area contributed by atoms with Gasteiger partial charge in [0.2, 0.25) is 0 Å². The molecule has 1 N–H and O–H groups in total. The summed E-state index contributed by atoms with van der Waals surface area (Å²) < 4.78 is 0. The second-order valence-corrected chi connectivity index (χ2v) is 4.87. The van der Waals surface area contributed by atoms with Crippen molar-refractivity contribution in [2.75, 3.05) is 5.32 Å². The Morgan fingerprint density at radius 3 is 2.76 bits per heavy atom. The van der Waals surface area contributed by atoms with Crippen LogP contribution in [0, 0.1) is 5.92 Å². The van der Waals surface area contributed by atoms with Crippen LogP contribution in [-0.2, 0) is 11.2 Å². The van der Waals surface area contributed by atoms with Crippen molar-refractivity contribution >= 4 is 22.4 Å². The van der Waals surface area contributed by atoms with Gasteiger partial charge in [-0.1, -0.05) is 20.3 Å². The molecule has 1 heterocycles. The number of hydrogen-bond donors (Lipinski definition) is 1. The predicted octanol–water partition coefficient (Wildman–Crippen LogP) is -1.71. The van der Waals surface area contributed by atoms with Crippen LogP contribution in [-0.4, -0.2) is 17.0 Å². The number of carbonyl (C=O) groups is 1. The monoisotopic (exact) mass is 264 g/mol. The van der Waals surface area contributed by atoms with Crippen molar-refractivity contribution in [3.8, 4) is 0 Å². The molecule has 0 saturated heterocycles. The molecular weight excluding hydrogens is 247 g/mol. The van der Waals surface area contributed by atoms with E-state index in [1.807, 2.05) is 0 Å². The maximum absolute atomic E-state index is 10.4. The first-order chi connectivity index (χ1) is 7.52. The van der Waals surface area contributed by atoms with Crippen LogP contribution in [0.15, 0.2) is 5.38 Å². The van der Waals surface area contributed by atoms with E-state index in [0.29, 0.717) is 17.7 Å². The third kappa shape index (κ3) is 5.86. The number of carbonyl (C=O) groups excluding carboxylic acids is 1. The Labute approximate surface area is 128 Å². The molecule has 0 aliphatic rings. The topological polar surface area (TPSA) is 65.0 Å². The average molecular weight is 264 g/mol. The van der Waals surface area contributed by atoms with E-state index < -0.39 is 5.97 Å². The second-order valence-electron chi connectivity index (χ2n) is 4.01. The summed E-state index contributed by atoms with van der Waals surface area (Å²) in [5.41, 5.74) is 0.559. The number of anilines is 1. The van der Waals surface area contributed by atoms with Gasteiger partial charge >= 0.3 is 29.6 Å². The second kappa shape index (κ2) is 8.08. The molecule has 1 aromatic heterocycles. The summed E-state index contributed by atoms with van der Waals surface area (Å²) in [5, 5.41) is 16.2. The molecule has 0 radical (unpaired) electrons. The van der Waals surface area contributed by atoms with Crippen LogP contribution in [0.2, 0.25) is 0 Å². The molecule has 0 bridgehead atoms. The van der Waals surface area contributed by atoms with Gasteiger partial charge in [0.15, 0.2) is 5.13 Å². The van der Waals surface area contributed by atoms with Crippen molar-refractivity contribution in [1.82, 2.24) is 4.98 Å². The molecule has 2 atom stereocenters. The van der Waals surface area contributed by atoms with Crippen molar-refractivity contribution in [2.24, 2.45) is 5.92 Å². The van der Waals surface area contributed by atoms with Crippen LogP contribution in [0.1, 0.15) is 32.9 Å². The summed E-state index contributed by atoms with van der Waals surface area (Å²) in [4.78, 5) is 14.6. The SMILES string of the molecule is CCC(C)C(C)Nc1nc(CC(=O)[O-])cs1.[Na+]. The molecule has 4 nitrogen and oxygen atoms in total. The first-order valence-corrected chi connectivity index (χ1v) is 6.31. The fourth-order valence-electron chi connectivity index (χ4n) is 1.29. The van der Waals surface area contributed by atoms with Crippen molar-refractivity contribution in [1.29, 1.82) is 0 Å². The molecule has 0 aliphatic heterocycles. The largest absolute Gasteiger partial charge is 1.00 e. The van der Waals surface area contributed by atoms with E-state index in [1.54, 1.807) is 5.38 Å². The van der Waals surface area contributed by atoms with Gasteiger partial charge in [-0.05, 0) is 12.8 Å². The summed E-state index contributed by atoms with van der Waals surface area (Å²) in [7, 11) is 0. The Hall–Kier alpha value is -0.1000. The van der Waals surface area contributed by atoms with E-state index in [1.165, 1.54) is 11.3 Å². The maximum atomic E-state index is 10.4. The van der Waals surface area contributed by atoms with Crippen LogP contribution >= 0.6 is 11.3 Å². The van der Waals surface area contributed by atoms with Gasteiger partial charge in [0.25, 0.3) is 0 Å². The number of carboxylic acid groups (broad SMARTS) is 1. The van der Waals surface area contributed by atoms with Crippen LogP contribution < -0.4 is 40.0 Å². The number of rotatable bonds is 6. The van der Waals surface area contributed by atoms with Crippen molar-refractivity contribution in [3.63, 3.8) is 0 Å². The van der Waals surface area contributed by atoms with Crippen LogP contribution in [0.4, 0.5) is 5.13 Å². The molecule has 0 aliphatic carbocycles. The molecule has 2 unspecified atom stereocenters. The summed E-state index contributed by atoms with van der Waals surface area (Å²) >= 11 is 1.43. The van der Waals surface area contributed by atoms with Crippen LogP contribution in [0.3, 0.4) is 0 Å². The molecule has 0 saturated carbocycles. The third-order valence-electron chi connectivity index (χ3n) is 2.73. The molecule has 0 fully saturated rings. The molecule has 0 aromatic carbocycles. The minimum absolute atomic E-state index is 0. The van der Waals surface area contributed by atoms with Crippen molar-refractivity contribution in [3.05, 3.63) is 11.1 Å². The summed E-state index contributed by atoms with van der Waals surface area (Å²) in [6.07, 6.45) is 0.987. The third-order valence-corrected chi connectivity index (χ3v) is 3.55. The average Bonchev–Trinajstić information content (AvgIpc) is 2.63. The van der Waals surface area contributed by atoms with E-state index in [9.17, 15) is 9.90 Å². The standard InChI is InChI=1S/C11H18N2O2S.Na/c1-4-7(2)8(3)12-11-13-9(6-16-11)5-10(14)15;/h6-8H,4-5H2,1-3H3,(H,12,13)(H,14,15);/q;+1/p-1. The van der Waals surface area contributed by atoms with Gasteiger partial charge < -0.3 is 15.2 Å². The van der Waals surface area contributed by atoms with E-state index in [0.717, 1.165) is 11.6 Å². The molecule has 1 rings (SSSR count). The van der Waals surface area contributed by atoms with E-state index in [2.05, 4.69) is 31.1 Å². The summed E-state index contributed by atoms with van der Waals surface area (Å²) in [5.74, 6) is -0.527. The predicted molar refractivity (Wildman–Crippen MR) is 63.4 cm³/mol. The van der Waals surface area contributed by atoms with Crippen molar-refractivity contribution in [2.45, 2.75) is 39.7 Å². The number of nitrogens with one attached hydrogen (secondary N) is 1. The fourth-order valence-corrected chi connectivity index (χ4v) is 2.10. The van der Waals surface area contributed by atoms with Gasteiger partial charge in [0.1, 0.15) is 0 Å². The summed E-state index contributed by atoms with van der Waals surface area (Å²) in [6.45, 7) is 6.42. The number of aromatic nitrogens is 1. The van der Waals surface area contributed by atoms with Gasteiger partial charge in [0.05, 0.1) is 5.69 Å². The van der Waals surface area contributed by atoms with Crippen LogP contribution in [0.25, 0.3) is 0 Å². The van der Waals surface area contributed by atoms with Gasteiger partial charge in [-0.3, -0.25) is 0 Å². The Bertz CT molecular complexity index is 357. The normalized spacial score (nSPS) is 13.6. The zero-order chi connectivity index (χ0) is 12.1. The van der Waals surface area contributed by atoms with Crippen molar-refractivity contribution < 1.29 is 39.5 Å². The molecule has 90 valence electrons.